The number of halogens is 3. The summed E-state index contributed by atoms with van der Waals surface area (Å²) in [6.45, 7) is 0.555. The van der Waals surface area contributed by atoms with Gasteiger partial charge < -0.3 is 10.1 Å². The van der Waals surface area contributed by atoms with Gasteiger partial charge in [0.05, 0.1) is 12.1 Å². The molecule has 2 nitrogen and oxygen atoms in total. The van der Waals surface area contributed by atoms with Crippen molar-refractivity contribution in [2.75, 3.05) is 12.4 Å². The van der Waals surface area contributed by atoms with Crippen LogP contribution in [0.3, 0.4) is 0 Å². The van der Waals surface area contributed by atoms with Gasteiger partial charge in [-0.05, 0) is 29.8 Å². The predicted octanol–water partition coefficient (Wildman–Crippen LogP) is 4.86. The first kappa shape index (κ1) is 14.2. The Morgan fingerprint density at radius 2 is 2.05 bits per heavy atom. The Labute approximate surface area is 124 Å². The Balaban J connectivity index is 2.09. The van der Waals surface area contributed by atoms with Gasteiger partial charge in [0.15, 0.2) is 0 Å². The maximum atomic E-state index is 13.0. The third kappa shape index (κ3) is 3.85. The molecule has 0 spiro atoms. The minimum absolute atomic E-state index is 0.131. The van der Waals surface area contributed by atoms with E-state index in [2.05, 4.69) is 21.2 Å². The summed E-state index contributed by atoms with van der Waals surface area (Å²) in [5.41, 5.74) is 1.82. The van der Waals surface area contributed by atoms with E-state index in [4.69, 9.17) is 16.3 Å². The Morgan fingerprint density at radius 3 is 2.74 bits per heavy atom. The van der Waals surface area contributed by atoms with E-state index in [1.54, 1.807) is 19.2 Å². The summed E-state index contributed by atoms with van der Waals surface area (Å²) in [5, 5.41) is 3.36. The van der Waals surface area contributed by atoms with Crippen LogP contribution in [0.2, 0.25) is 5.02 Å². The quantitative estimate of drug-likeness (QED) is 0.855. The fourth-order valence-electron chi connectivity index (χ4n) is 1.64. The van der Waals surface area contributed by atoms with Crippen LogP contribution in [0.4, 0.5) is 10.1 Å². The molecule has 0 heterocycles. The van der Waals surface area contributed by atoms with Crippen molar-refractivity contribution in [2.24, 2.45) is 0 Å². The minimum Gasteiger partial charge on any atom is -0.497 e. The molecule has 2 rings (SSSR count). The summed E-state index contributed by atoms with van der Waals surface area (Å²) in [6, 6.07) is 10.4. The Hall–Kier alpha value is -1.26. The fourth-order valence-corrected chi connectivity index (χ4v) is 2.31. The van der Waals surface area contributed by atoms with Gasteiger partial charge in [0, 0.05) is 22.8 Å². The smallest absolute Gasteiger partial charge is 0.141 e. The van der Waals surface area contributed by atoms with E-state index in [9.17, 15) is 4.39 Å². The normalized spacial score (nSPS) is 10.3. The van der Waals surface area contributed by atoms with Crippen molar-refractivity contribution in [1.82, 2.24) is 0 Å². The summed E-state index contributed by atoms with van der Waals surface area (Å²) < 4.78 is 19.1. The molecule has 0 amide bonds. The molecule has 0 fully saturated rings. The second kappa shape index (κ2) is 6.26. The first-order valence-electron chi connectivity index (χ1n) is 5.61. The lowest BCUT2D eigenvalue weighted by molar-refractivity contribution is 0.414. The van der Waals surface area contributed by atoms with Gasteiger partial charge in [-0.1, -0.05) is 33.6 Å². The van der Waals surface area contributed by atoms with E-state index in [1.807, 2.05) is 18.2 Å². The first-order chi connectivity index (χ1) is 9.08. The van der Waals surface area contributed by atoms with Crippen LogP contribution < -0.4 is 10.1 Å². The van der Waals surface area contributed by atoms with E-state index >= 15 is 0 Å². The molecule has 0 unspecified atom stereocenters. The van der Waals surface area contributed by atoms with Crippen molar-refractivity contribution in [3.8, 4) is 5.75 Å². The van der Waals surface area contributed by atoms with E-state index < -0.39 is 5.82 Å². The van der Waals surface area contributed by atoms with Crippen molar-refractivity contribution in [1.29, 1.82) is 0 Å². The zero-order chi connectivity index (χ0) is 13.8. The molecule has 0 atom stereocenters. The first-order valence-corrected chi connectivity index (χ1v) is 6.78. The lowest BCUT2D eigenvalue weighted by Crippen LogP contribution is -2.00. The molecule has 0 saturated carbocycles. The van der Waals surface area contributed by atoms with E-state index in [0.29, 0.717) is 6.54 Å². The van der Waals surface area contributed by atoms with Crippen LogP contribution >= 0.6 is 27.5 Å². The minimum atomic E-state index is -0.408. The van der Waals surface area contributed by atoms with Crippen LogP contribution in [-0.4, -0.2) is 7.11 Å². The molecular weight excluding hydrogens is 333 g/mol. The molecule has 1 N–H and O–H groups in total. The second-order valence-electron chi connectivity index (χ2n) is 3.98. The van der Waals surface area contributed by atoms with Crippen LogP contribution in [0.25, 0.3) is 0 Å². The molecule has 2 aromatic rings. The van der Waals surface area contributed by atoms with Crippen molar-refractivity contribution < 1.29 is 9.13 Å². The molecule has 0 radical (unpaired) electrons. The standard InChI is InChI=1S/C14H12BrClFNO/c1-19-12-6-10(15)5-11(7-12)18-8-9-2-3-14(17)13(16)4-9/h2-7,18H,8H2,1H3. The summed E-state index contributed by atoms with van der Waals surface area (Å²) in [4.78, 5) is 0. The van der Waals surface area contributed by atoms with Gasteiger partial charge in [0.1, 0.15) is 11.6 Å². The third-order valence-electron chi connectivity index (χ3n) is 2.59. The number of ether oxygens (including phenoxy) is 1. The molecule has 0 bridgehead atoms. The molecule has 0 aliphatic carbocycles. The van der Waals surface area contributed by atoms with Crippen LogP contribution in [0.5, 0.6) is 5.75 Å². The van der Waals surface area contributed by atoms with E-state index in [1.165, 1.54) is 6.07 Å². The van der Waals surface area contributed by atoms with Gasteiger partial charge in [0.2, 0.25) is 0 Å². The number of benzene rings is 2. The zero-order valence-corrected chi connectivity index (χ0v) is 12.6. The van der Waals surface area contributed by atoms with Crippen LogP contribution in [0, 0.1) is 5.82 Å². The van der Waals surface area contributed by atoms with E-state index in [-0.39, 0.29) is 5.02 Å². The molecule has 19 heavy (non-hydrogen) atoms. The maximum absolute atomic E-state index is 13.0. The molecular formula is C14H12BrClFNO. The molecule has 0 aliphatic heterocycles. The van der Waals surface area contributed by atoms with Crippen LogP contribution in [0.1, 0.15) is 5.56 Å². The van der Waals surface area contributed by atoms with Crippen molar-refractivity contribution in [3.05, 3.63) is 57.3 Å². The highest BCUT2D eigenvalue weighted by atomic mass is 79.9. The summed E-state index contributed by atoms with van der Waals surface area (Å²) in [7, 11) is 1.62. The van der Waals surface area contributed by atoms with Crippen molar-refractivity contribution in [2.45, 2.75) is 6.54 Å². The molecule has 2 aromatic carbocycles. The van der Waals surface area contributed by atoms with Gasteiger partial charge >= 0.3 is 0 Å². The van der Waals surface area contributed by atoms with Gasteiger partial charge in [-0.25, -0.2) is 4.39 Å². The van der Waals surface area contributed by atoms with Crippen LogP contribution in [0.15, 0.2) is 40.9 Å². The average Bonchev–Trinajstić information content (AvgIpc) is 2.39. The SMILES string of the molecule is COc1cc(Br)cc(NCc2ccc(F)c(Cl)c2)c1. The molecule has 0 aromatic heterocycles. The van der Waals surface area contributed by atoms with Gasteiger partial charge in [-0.2, -0.15) is 0 Å². The lowest BCUT2D eigenvalue weighted by atomic mass is 10.2. The number of hydrogen-bond donors (Lipinski definition) is 1. The number of rotatable bonds is 4. The molecule has 0 aliphatic rings. The lowest BCUT2D eigenvalue weighted by Gasteiger charge is -2.09. The number of methoxy groups -OCH3 is 1. The summed E-state index contributed by atoms with van der Waals surface area (Å²) in [5.74, 6) is 0.351. The summed E-state index contributed by atoms with van der Waals surface area (Å²) in [6.07, 6.45) is 0. The molecule has 5 heteroatoms. The fraction of sp³-hybridized carbons (Fsp3) is 0.143. The second-order valence-corrected chi connectivity index (χ2v) is 5.30. The topological polar surface area (TPSA) is 21.3 Å². The van der Waals surface area contributed by atoms with E-state index in [0.717, 1.165) is 21.5 Å². The highest BCUT2D eigenvalue weighted by molar-refractivity contribution is 9.10. The Kier molecular flexibility index (Phi) is 4.66. The predicted molar refractivity (Wildman–Crippen MR) is 79.4 cm³/mol. The summed E-state index contributed by atoms with van der Waals surface area (Å²) >= 11 is 9.15. The molecule has 0 saturated heterocycles. The Bertz CT molecular complexity index is 592. The molecule has 100 valence electrons. The number of nitrogens with one attached hydrogen (secondary N) is 1. The van der Waals surface area contributed by atoms with Gasteiger partial charge in [0.25, 0.3) is 0 Å². The van der Waals surface area contributed by atoms with Crippen molar-refractivity contribution in [3.63, 3.8) is 0 Å². The third-order valence-corrected chi connectivity index (χ3v) is 3.34. The van der Waals surface area contributed by atoms with Crippen molar-refractivity contribution >= 4 is 33.2 Å². The van der Waals surface area contributed by atoms with Crippen LogP contribution in [-0.2, 0) is 6.54 Å². The van der Waals surface area contributed by atoms with Gasteiger partial charge in [-0.3, -0.25) is 0 Å². The highest BCUT2D eigenvalue weighted by Gasteiger charge is 2.02. The largest absolute Gasteiger partial charge is 0.497 e. The average molecular weight is 345 g/mol. The maximum Gasteiger partial charge on any atom is 0.141 e. The Morgan fingerprint density at radius 1 is 1.26 bits per heavy atom. The van der Waals surface area contributed by atoms with Gasteiger partial charge in [-0.15, -0.1) is 0 Å². The zero-order valence-electron chi connectivity index (χ0n) is 10.2. The highest BCUT2D eigenvalue weighted by Crippen LogP contribution is 2.25. The number of anilines is 1. The monoisotopic (exact) mass is 343 g/mol. The number of hydrogen-bond acceptors (Lipinski definition) is 2.